The van der Waals surface area contributed by atoms with E-state index in [1.54, 1.807) is 13.0 Å². The molecule has 0 aliphatic heterocycles. The third-order valence-electron chi connectivity index (χ3n) is 3.16. The van der Waals surface area contributed by atoms with Crippen LogP contribution in [-0.2, 0) is 0 Å². The summed E-state index contributed by atoms with van der Waals surface area (Å²) in [6.07, 6.45) is 3.02. The predicted octanol–water partition coefficient (Wildman–Crippen LogP) is 3.31. The Hall–Kier alpha value is -2.75. The van der Waals surface area contributed by atoms with E-state index in [4.69, 9.17) is 4.74 Å². The summed E-state index contributed by atoms with van der Waals surface area (Å²) in [5.74, 6) is -0.642. The van der Waals surface area contributed by atoms with Gasteiger partial charge in [-0.15, -0.1) is 0 Å². The van der Waals surface area contributed by atoms with Crippen LogP contribution in [-0.4, -0.2) is 23.1 Å². The number of hydrogen-bond donors (Lipinski definition) is 2. The van der Waals surface area contributed by atoms with Crippen LogP contribution in [0.1, 0.15) is 21.5 Å². The first-order chi connectivity index (χ1) is 10.0. The largest absolute Gasteiger partial charge is 0.507 e. The Balaban J connectivity index is 2.40. The van der Waals surface area contributed by atoms with Crippen LogP contribution in [0.5, 0.6) is 17.2 Å². The molecule has 0 fully saturated rings. The Kier molecular flexibility index (Phi) is 4.28. The molecule has 2 aromatic rings. The molecule has 0 saturated carbocycles. The van der Waals surface area contributed by atoms with E-state index < -0.39 is 5.78 Å². The summed E-state index contributed by atoms with van der Waals surface area (Å²) in [5.41, 5.74) is 1.33. The Labute approximate surface area is 122 Å². The van der Waals surface area contributed by atoms with Gasteiger partial charge in [-0.25, -0.2) is 0 Å². The number of carbonyl (C=O) groups excluding carboxylic acids is 1. The first-order valence-corrected chi connectivity index (χ1v) is 6.41. The van der Waals surface area contributed by atoms with Crippen molar-refractivity contribution in [3.8, 4) is 17.2 Å². The number of phenolic OH excluding ortho intramolecular Hbond substituents is 2. The second-order valence-electron chi connectivity index (χ2n) is 4.56. The average molecular weight is 284 g/mol. The first-order valence-electron chi connectivity index (χ1n) is 6.41. The molecule has 0 radical (unpaired) electrons. The van der Waals surface area contributed by atoms with Crippen LogP contribution >= 0.6 is 0 Å². The summed E-state index contributed by atoms with van der Waals surface area (Å²) in [4.78, 5) is 12.3. The third kappa shape index (κ3) is 3.05. The zero-order valence-electron chi connectivity index (χ0n) is 11.8. The summed E-state index contributed by atoms with van der Waals surface area (Å²) < 4.78 is 5.14. The Morgan fingerprint density at radius 1 is 1.14 bits per heavy atom. The van der Waals surface area contributed by atoms with Gasteiger partial charge in [0.2, 0.25) is 0 Å². The molecular formula is C17H16O4. The highest BCUT2D eigenvalue weighted by Crippen LogP contribution is 2.37. The summed E-state index contributed by atoms with van der Waals surface area (Å²) in [5, 5.41) is 19.6. The fourth-order valence-electron chi connectivity index (χ4n) is 2.04. The first kappa shape index (κ1) is 14.7. The molecule has 0 atom stereocenters. The molecule has 0 aliphatic rings. The second-order valence-corrected chi connectivity index (χ2v) is 4.56. The van der Waals surface area contributed by atoms with Gasteiger partial charge in [0.1, 0.15) is 22.8 Å². The minimum absolute atomic E-state index is 0.0416. The molecular weight excluding hydrogens is 268 g/mol. The molecule has 4 heteroatoms. The lowest BCUT2D eigenvalue weighted by atomic mass is 10.0. The Morgan fingerprint density at radius 3 is 2.43 bits per heavy atom. The van der Waals surface area contributed by atoms with Gasteiger partial charge in [-0.1, -0.05) is 36.4 Å². The van der Waals surface area contributed by atoms with Crippen LogP contribution in [0.2, 0.25) is 0 Å². The zero-order valence-corrected chi connectivity index (χ0v) is 11.8. The van der Waals surface area contributed by atoms with Crippen LogP contribution in [0, 0.1) is 6.92 Å². The third-order valence-corrected chi connectivity index (χ3v) is 3.16. The fraction of sp³-hybridized carbons (Fsp3) is 0.118. The molecule has 108 valence electrons. The van der Waals surface area contributed by atoms with E-state index in [0.717, 1.165) is 11.6 Å². The van der Waals surface area contributed by atoms with Crippen molar-refractivity contribution in [2.75, 3.05) is 7.11 Å². The number of phenols is 2. The molecule has 0 aromatic heterocycles. The van der Waals surface area contributed by atoms with Crippen LogP contribution in [0.15, 0.2) is 42.5 Å². The normalized spacial score (nSPS) is 10.8. The van der Waals surface area contributed by atoms with Gasteiger partial charge in [0, 0.05) is 11.6 Å². The van der Waals surface area contributed by atoms with Gasteiger partial charge < -0.3 is 14.9 Å². The number of hydrogen-bond acceptors (Lipinski definition) is 4. The van der Waals surface area contributed by atoms with E-state index in [0.29, 0.717) is 5.56 Å². The summed E-state index contributed by atoms with van der Waals surface area (Å²) in [6.45, 7) is 1.62. The predicted molar refractivity (Wildman–Crippen MR) is 80.9 cm³/mol. The van der Waals surface area contributed by atoms with E-state index in [-0.39, 0.29) is 22.8 Å². The van der Waals surface area contributed by atoms with Gasteiger partial charge in [0.05, 0.1) is 7.11 Å². The maximum atomic E-state index is 12.3. The van der Waals surface area contributed by atoms with Crippen molar-refractivity contribution in [2.45, 2.75) is 6.92 Å². The lowest BCUT2D eigenvalue weighted by Gasteiger charge is -2.12. The van der Waals surface area contributed by atoms with Gasteiger partial charge in [-0.3, -0.25) is 4.79 Å². The van der Waals surface area contributed by atoms with E-state index in [9.17, 15) is 15.0 Å². The summed E-state index contributed by atoms with van der Waals surface area (Å²) in [6, 6.07) is 10.5. The van der Waals surface area contributed by atoms with Crippen molar-refractivity contribution in [3.63, 3.8) is 0 Å². The van der Waals surface area contributed by atoms with Gasteiger partial charge in [0.25, 0.3) is 0 Å². The SMILES string of the molecule is COc1c(C)c(O)cc(O)c1C(=O)C=Cc1ccccc1. The number of benzene rings is 2. The number of methoxy groups -OCH3 is 1. The smallest absolute Gasteiger partial charge is 0.193 e. The molecule has 21 heavy (non-hydrogen) atoms. The fourth-order valence-corrected chi connectivity index (χ4v) is 2.04. The Bertz CT molecular complexity index is 688. The zero-order chi connectivity index (χ0) is 15.4. The van der Waals surface area contributed by atoms with Gasteiger partial charge >= 0.3 is 0 Å². The molecule has 0 spiro atoms. The molecule has 4 nitrogen and oxygen atoms in total. The molecule has 0 aliphatic carbocycles. The van der Waals surface area contributed by atoms with Crippen LogP contribution in [0.4, 0.5) is 0 Å². The number of rotatable bonds is 4. The number of ketones is 1. The van der Waals surface area contributed by atoms with Crippen molar-refractivity contribution in [3.05, 3.63) is 59.2 Å². The lowest BCUT2D eigenvalue weighted by Crippen LogP contribution is -2.01. The quantitative estimate of drug-likeness (QED) is 0.667. The van der Waals surface area contributed by atoms with E-state index in [2.05, 4.69) is 0 Å². The van der Waals surface area contributed by atoms with Crippen molar-refractivity contribution in [1.29, 1.82) is 0 Å². The molecule has 0 amide bonds. The standard InChI is InChI=1S/C17H16O4/c1-11-14(19)10-15(20)16(17(11)21-2)13(18)9-8-12-6-4-3-5-7-12/h3-10,19-20H,1-2H3. The molecule has 2 N–H and O–H groups in total. The van der Waals surface area contributed by atoms with Crippen LogP contribution in [0.25, 0.3) is 6.08 Å². The monoisotopic (exact) mass is 284 g/mol. The molecule has 0 heterocycles. The number of aromatic hydroxyl groups is 2. The van der Waals surface area contributed by atoms with Crippen molar-refractivity contribution in [1.82, 2.24) is 0 Å². The van der Waals surface area contributed by atoms with Crippen LogP contribution < -0.4 is 4.74 Å². The number of carbonyl (C=O) groups is 1. The number of ether oxygens (including phenoxy) is 1. The highest BCUT2D eigenvalue weighted by atomic mass is 16.5. The average Bonchev–Trinajstić information content (AvgIpc) is 2.49. The topological polar surface area (TPSA) is 66.8 Å². The van der Waals surface area contributed by atoms with Crippen molar-refractivity contribution < 1.29 is 19.7 Å². The molecule has 0 saturated heterocycles. The minimum atomic E-state index is -0.392. The van der Waals surface area contributed by atoms with Gasteiger partial charge in [0.15, 0.2) is 5.78 Å². The molecule has 0 unspecified atom stereocenters. The second kappa shape index (κ2) is 6.13. The van der Waals surface area contributed by atoms with Gasteiger partial charge in [-0.05, 0) is 18.6 Å². The highest BCUT2D eigenvalue weighted by Gasteiger charge is 2.20. The molecule has 2 aromatic carbocycles. The minimum Gasteiger partial charge on any atom is -0.507 e. The maximum absolute atomic E-state index is 12.3. The lowest BCUT2D eigenvalue weighted by molar-refractivity contribution is 0.104. The van der Waals surface area contributed by atoms with E-state index in [1.807, 2.05) is 30.3 Å². The summed E-state index contributed by atoms with van der Waals surface area (Å²) >= 11 is 0. The summed E-state index contributed by atoms with van der Waals surface area (Å²) in [7, 11) is 1.39. The molecule has 0 bridgehead atoms. The number of allylic oxidation sites excluding steroid dienone is 1. The van der Waals surface area contributed by atoms with Crippen LogP contribution in [0.3, 0.4) is 0 Å². The molecule has 2 rings (SSSR count). The van der Waals surface area contributed by atoms with Crippen molar-refractivity contribution in [2.24, 2.45) is 0 Å². The Morgan fingerprint density at radius 2 is 1.81 bits per heavy atom. The van der Waals surface area contributed by atoms with E-state index in [1.165, 1.54) is 13.2 Å². The highest BCUT2D eigenvalue weighted by molar-refractivity contribution is 6.11. The van der Waals surface area contributed by atoms with Gasteiger partial charge in [-0.2, -0.15) is 0 Å². The maximum Gasteiger partial charge on any atom is 0.193 e. The van der Waals surface area contributed by atoms with E-state index >= 15 is 0 Å². The van der Waals surface area contributed by atoms with Crippen molar-refractivity contribution >= 4 is 11.9 Å².